The second kappa shape index (κ2) is 6.23. The molecule has 1 N–H and O–H groups in total. The summed E-state index contributed by atoms with van der Waals surface area (Å²) >= 11 is 0. The molecule has 0 fully saturated rings. The summed E-state index contributed by atoms with van der Waals surface area (Å²) in [6, 6.07) is 13.4. The molecule has 1 unspecified atom stereocenters. The van der Waals surface area contributed by atoms with Crippen LogP contribution in [0.25, 0.3) is 10.9 Å². The van der Waals surface area contributed by atoms with E-state index in [-0.39, 0.29) is 12.5 Å². The molecule has 0 spiro atoms. The number of nitrogens with zero attached hydrogens (tertiary/aromatic N) is 1. The molecule has 138 valence electrons. The quantitative estimate of drug-likeness (QED) is 0.759. The molecule has 0 radical (unpaired) electrons. The summed E-state index contributed by atoms with van der Waals surface area (Å²) in [7, 11) is 1.66. The lowest BCUT2D eigenvalue weighted by Gasteiger charge is -2.32. The normalized spacial score (nSPS) is 18.3. The Labute approximate surface area is 156 Å². The van der Waals surface area contributed by atoms with E-state index in [0.29, 0.717) is 24.6 Å². The van der Waals surface area contributed by atoms with Gasteiger partial charge < -0.3 is 24.1 Å². The average Bonchev–Trinajstić information content (AvgIpc) is 3.09. The molecule has 6 heteroatoms. The molecular weight excluding hydrogens is 344 g/mol. The van der Waals surface area contributed by atoms with E-state index in [4.69, 9.17) is 14.2 Å². The molecule has 3 heterocycles. The van der Waals surface area contributed by atoms with Gasteiger partial charge >= 0.3 is 0 Å². The first-order valence-electron chi connectivity index (χ1n) is 9.07. The number of methoxy groups -OCH3 is 1. The van der Waals surface area contributed by atoms with Crippen molar-refractivity contribution >= 4 is 16.8 Å². The second-order valence-corrected chi connectivity index (χ2v) is 6.87. The number of carbonyl (C=O) groups is 1. The van der Waals surface area contributed by atoms with Crippen molar-refractivity contribution in [3.05, 3.63) is 53.7 Å². The van der Waals surface area contributed by atoms with Crippen LogP contribution in [0.1, 0.15) is 11.3 Å². The number of rotatable bonds is 2. The summed E-state index contributed by atoms with van der Waals surface area (Å²) in [5.74, 6) is 2.09. The molecule has 3 aromatic rings. The van der Waals surface area contributed by atoms with Gasteiger partial charge in [-0.2, -0.15) is 0 Å². The maximum Gasteiger partial charge on any atom is 0.267 e. The van der Waals surface area contributed by atoms with Crippen LogP contribution in [0.5, 0.6) is 17.2 Å². The van der Waals surface area contributed by atoms with Crippen molar-refractivity contribution in [3.8, 4) is 17.2 Å². The number of para-hydroxylation sites is 2. The summed E-state index contributed by atoms with van der Waals surface area (Å²) in [6.07, 6.45) is 0.184. The van der Waals surface area contributed by atoms with Crippen LogP contribution in [0.4, 0.5) is 0 Å². The fourth-order valence-electron chi connectivity index (χ4n) is 3.85. The van der Waals surface area contributed by atoms with Gasteiger partial charge in [0.25, 0.3) is 5.91 Å². The molecule has 5 rings (SSSR count). The number of aromatic amines is 1. The Morgan fingerprint density at radius 1 is 1.22 bits per heavy atom. The standard InChI is InChI=1S/C21H20N2O4/c1-25-13-6-7-16-14(10-13)15-11-23(9-8-17(15)22-16)21(24)20-12-26-18-4-2-3-5-19(18)27-20/h2-7,10,20,22H,8-9,11-12H2,1H3. The molecule has 2 aliphatic rings. The van der Waals surface area contributed by atoms with E-state index in [9.17, 15) is 4.79 Å². The predicted molar refractivity (Wildman–Crippen MR) is 100 cm³/mol. The van der Waals surface area contributed by atoms with Gasteiger partial charge in [0.2, 0.25) is 6.10 Å². The van der Waals surface area contributed by atoms with E-state index in [1.165, 1.54) is 5.69 Å². The van der Waals surface area contributed by atoms with Gasteiger partial charge in [0.1, 0.15) is 12.4 Å². The molecule has 2 aliphatic heterocycles. The Morgan fingerprint density at radius 3 is 2.93 bits per heavy atom. The topological polar surface area (TPSA) is 63.8 Å². The average molecular weight is 364 g/mol. The number of H-pyrrole nitrogens is 1. The number of hydrogen-bond acceptors (Lipinski definition) is 4. The molecule has 27 heavy (non-hydrogen) atoms. The van der Waals surface area contributed by atoms with Gasteiger partial charge in [0.05, 0.1) is 7.11 Å². The number of benzene rings is 2. The van der Waals surface area contributed by atoms with Crippen LogP contribution in [-0.2, 0) is 17.8 Å². The Hall–Kier alpha value is -3.15. The summed E-state index contributed by atoms with van der Waals surface area (Å²) < 4.78 is 17.0. The number of ether oxygens (including phenoxy) is 3. The SMILES string of the molecule is COc1ccc2[nH]c3c(c2c1)CN(C(=O)C1COc2ccccc2O1)CC3. The number of hydrogen-bond donors (Lipinski definition) is 1. The summed E-state index contributed by atoms with van der Waals surface area (Å²) in [4.78, 5) is 18.4. The number of fused-ring (bicyclic) bond motifs is 4. The minimum Gasteiger partial charge on any atom is -0.497 e. The summed E-state index contributed by atoms with van der Waals surface area (Å²) in [6.45, 7) is 1.46. The smallest absolute Gasteiger partial charge is 0.267 e. The molecule has 1 amide bonds. The molecule has 0 bridgehead atoms. The van der Waals surface area contributed by atoms with Crippen LogP contribution in [0, 0.1) is 0 Å². The molecule has 1 aromatic heterocycles. The van der Waals surface area contributed by atoms with Gasteiger partial charge in [-0.05, 0) is 30.3 Å². The van der Waals surface area contributed by atoms with E-state index in [1.54, 1.807) is 7.11 Å². The summed E-state index contributed by atoms with van der Waals surface area (Å²) in [5.41, 5.74) is 3.41. The van der Waals surface area contributed by atoms with E-state index >= 15 is 0 Å². The van der Waals surface area contributed by atoms with Crippen molar-refractivity contribution in [2.45, 2.75) is 19.1 Å². The lowest BCUT2D eigenvalue weighted by Crippen LogP contribution is -2.47. The molecule has 6 nitrogen and oxygen atoms in total. The van der Waals surface area contributed by atoms with Crippen molar-refractivity contribution in [2.75, 3.05) is 20.3 Å². The van der Waals surface area contributed by atoms with Crippen LogP contribution in [0.3, 0.4) is 0 Å². The van der Waals surface area contributed by atoms with Gasteiger partial charge in [0, 0.05) is 41.7 Å². The fraction of sp³-hybridized carbons (Fsp3) is 0.286. The van der Waals surface area contributed by atoms with Gasteiger partial charge in [-0.25, -0.2) is 0 Å². The minimum absolute atomic E-state index is 0.0348. The van der Waals surface area contributed by atoms with Crippen molar-refractivity contribution in [1.82, 2.24) is 9.88 Å². The highest BCUT2D eigenvalue weighted by Gasteiger charge is 2.33. The monoisotopic (exact) mass is 364 g/mol. The van der Waals surface area contributed by atoms with Crippen LogP contribution in [0.2, 0.25) is 0 Å². The van der Waals surface area contributed by atoms with Gasteiger partial charge in [-0.15, -0.1) is 0 Å². The molecule has 2 aromatic carbocycles. The summed E-state index contributed by atoms with van der Waals surface area (Å²) in [5, 5.41) is 1.10. The molecule has 0 aliphatic carbocycles. The van der Waals surface area contributed by atoms with Crippen LogP contribution in [0.15, 0.2) is 42.5 Å². The van der Waals surface area contributed by atoms with Gasteiger partial charge in [0.15, 0.2) is 11.5 Å². The Bertz CT molecular complexity index is 1030. The Morgan fingerprint density at radius 2 is 2.07 bits per heavy atom. The lowest BCUT2D eigenvalue weighted by atomic mass is 10.0. The minimum atomic E-state index is -0.610. The van der Waals surface area contributed by atoms with Crippen LogP contribution >= 0.6 is 0 Å². The highest BCUT2D eigenvalue weighted by molar-refractivity contribution is 5.88. The zero-order chi connectivity index (χ0) is 18.4. The van der Waals surface area contributed by atoms with Crippen molar-refractivity contribution < 1.29 is 19.0 Å². The van der Waals surface area contributed by atoms with E-state index < -0.39 is 6.10 Å². The first-order chi connectivity index (χ1) is 13.2. The lowest BCUT2D eigenvalue weighted by molar-refractivity contribution is -0.142. The third kappa shape index (κ3) is 2.68. The van der Waals surface area contributed by atoms with E-state index in [0.717, 1.165) is 28.6 Å². The molecule has 1 atom stereocenters. The predicted octanol–water partition coefficient (Wildman–Crippen LogP) is 2.90. The van der Waals surface area contributed by atoms with E-state index in [1.807, 2.05) is 47.4 Å². The number of nitrogens with one attached hydrogen (secondary N) is 1. The van der Waals surface area contributed by atoms with E-state index in [2.05, 4.69) is 4.98 Å². The first kappa shape index (κ1) is 16.1. The number of carbonyl (C=O) groups excluding carboxylic acids is 1. The van der Waals surface area contributed by atoms with Crippen molar-refractivity contribution in [1.29, 1.82) is 0 Å². The first-order valence-corrected chi connectivity index (χ1v) is 9.07. The molecule has 0 saturated heterocycles. The highest BCUT2D eigenvalue weighted by Crippen LogP contribution is 2.33. The molecular formula is C21H20N2O4. The van der Waals surface area contributed by atoms with Crippen molar-refractivity contribution in [3.63, 3.8) is 0 Å². The maximum absolute atomic E-state index is 13.0. The third-order valence-electron chi connectivity index (χ3n) is 5.28. The third-order valence-corrected chi connectivity index (χ3v) is 5.28. The Kier molecular flexibility index (Phi) is 3.70. The second-order valence-electron chi connectivity index (χ2n) is 6.87. The van der Waals surface area contributed by atoms with Gasteiger partial charge in [-0.1, -0.05) is 12.1 Å². The van der Waals surface area contributed by atoms with Crippen LogP contribution < -0.4 is 14.2 Å². The van der Waals surface area contributed by atoms with Crippen molar-refractivity contribution in [2.24, 2.45) is 0 Å². The number of amides is 1. The highest BCUT2D eigenvalue weighted by atomic mass is 16.6. The van der Waals surface area contributed by atoms with Crippen LogP contribution in [-0.4, -0.2) is 42.2 Å². The zero-order valence-electron chi connectivity index (χ0n) is 15.0. The number of aromatic nitrogens is 1. The van der Waals surface area contributed by atoms with Gasteiger partial charge in [-0.3, -0.25) is 4.79 Å². The fourth-order valence-corrected chi connectivity index (χ4v) is 3.85. The molecule has 0 saturated carbocycles. The maximum atomic E-state index is 13.0. The zero-order valence-corrected chi connectivity index (χ0v) is 15.0. The Balaban J connectivity index is 1.40. The largest absolute Gasteiger partial charge is 0.497 e.